The molecule has 0 saturated heterocycles. The van der Waals surface area contributed by atoms with E-state index in [1.54, 1.807) is 6.92 Å². The highest BCUT2D eigenvalue weighted by Gasteiger charge is 2.14. The fraction of sp³-hybridized carbons (Fsp3) is 0.526. The van der Waals surface area contributed by atoms with E-state index >= 15 is 0 Å². The van der Waals surface area contributed by atoms with Gasteiger partial charge in [0.15, 0.2) is 0 Å². The minimum absolute atomic E-state index is 0.110. The Labute approximate surface area is 128 Å². The lowest BCUT2D eigenvalue weighted by molar-refractivity contribution is -0.116. The van der Waals surface area contributed by atoms with E-state index in [1.165, 1.54) is 32.1 Å². The van der Waals surface area contributed by atoms with E-state index in [0.29, 0.717) is 5.92 Å². The topological polar surface area (TPSA) is 20.3 Å². The van der Waals surface area contributed by atoms with Crippen molar-refractivity contribution >= 4 is 11.6 Å². The summed E-state index contributed by atoms with van der Waals surface area (Å²) < 4.78 is 0. The van der Waals surface area contributed by atoms with Gasteiger partial charge in [0, 0.05) is 19.2 Å². The minimum atomic E-state index is 0.110. The molecule has 0 aliphatic heterocycles. The molecule has 1 amide bonds. The Morgan fingerprint density at radius 3 is 2.52 bits per heavy atom. The second-order valence-corrected chi connectivity index (χ2v) is 6.23. The molecule has 0 N–H and O–H groups in total. The molecule has 1 unspecified atom stereocenters. The Hall–Kier alpha value is -1.57. The molecule has 21 heavy (non-hydrogen) atoms. The van der Waals surface area contributed by atoms with Crippen LogP contribution in [0.2, 0.25) is 0 Å². The standard InChI is InChI=1S/C19H27NO/c1-16(13-14-18-9-5-3-6-10-18)15-20(17(2)21)19-11-7-4-8-12-19/h4,7-8,11-14,16,18H,3,5-6,9-10,15H2,1-2H3/b14-13+. The van der Waals surface area contributed by atoms with Gasteiger partial charge in [-0.3, -0.25) is 4.79 Å². The van der Waals surface area contributed by atoms with Crippen LogP contribution in [0, 0.1) is 11.8 Å². The van der Waals surface area contributed by atoms with E-state index in [-0.39, 0.29) is 5.91 Å². The Balaban J connectivity index is 1.93. The summed E-state index contributed by atoms with van der Waals surface area (Å²) in [5.74, 6) is 1.25. The maximum absolute atomic E-state index is 11.9. The molecule has 1 aliphatic carbocycles. The molecule has 1 fully saturated rings. The van der Waals surface area contributed by atoms with Gasteiger partial charge in [-0.25, -0.2) is 0 Å². The monoisotopic (exact) mass is 285 g/mol. The molecule has 114 valence electrons. The van der Waals surface area contributed by atoms with Crippen LogP contribution in [0.3, 0.4) is 0 Å². The van der Waals surface area contributed by atoms with Crippen molar-refractivity contribution in [3.8, 4) is 0 Å². The van der Waals surface area contributed by atoms with Crippen molar-refractivity contribution in [3.63, 3.8) is 0 Å². The van der Waals surface area contributed by atoms with Crippen molar-refractivity contribution in [3.05, 3.63) is 42.5 Å². The minimum Gasteiger partial charge on any atom is -0.312 e. The summed E-state index contributed by atoms with van der Waals surface area (Å²) in [6, 6.07) is 9.94. The van der Waals surface area contributed by atoms with Gasteiger partial charge in [-0.05, 0) is 36.8 Å². The van der Waals surface area contributed by atoms with Gasteiger partial charge in [0.05, 0.1) is 0 Å². The Morgan fingerprint density at radius 1 is 1.24 bits per heavy atom. The Bertz CT molecular complexity index is 460. The first-order chi connectivity index (χ1) is 10.2. The number of amides is 1. The number of nitrogens with zero attached hydrogens (tertiary/aromatic N) is 1. The maximum Gasteiger partial charge on any atom is 0.223 e. The predicted molar refractivity (Wildman–Crippen MR) is 89.3 cm³/mol. The molecule has 0 aromatic heterocycles. The average Bonchev–Trinajstić information content (AvgIpc) is 2.52. The average molecular weight is 285 g/mol. The lowest BCUT2D eigenvalue weighted by Crippen LogP contribution is -2.32. The number of rotatable bonds is 5. The van der Waals surface area contributed by atoms with Crippen molar-refractivity contribution in [1.82, 2.24) is 0 Å². The van der Waals surface area contributed by atoms with Crippen LogP contribution in [-0.2, 0) is 4.79 Å². The van der Waals surface area contributed by atoms with E-state index in [0.717, 1.165) is 18.2 Å². The van der Waals surface area contributed by atoms with Crippen LogP contribution < -0.4 is 4.90 Å². The van der Waals surface area contributed by atoms with Crippen molar-refractivity contribution in [2.45, 2.75) is 46.0 Å². The number of para-hydroxylation sites is 1. The fourth-order valence-electron chi connectivity index (χ4n) is 3.05. The molecule has 2 heteroatoms. The molecule has 1 aliphatic rings. The summed E-state index contributed by atoms with van der Waals surface area (Å²) in [6.45, 7) is 4.59. The second-order valence-electron chi connectivity index (χ2n) is 6.23. The van der Waals surface area contributed by atoms with Gasteiger partial charge in [-0.2, -0.15) is 0 Å². The van der Waals surface area contributed by atoms with Crippen LogP contribution in [-0.4, -0.2) is 12.5 Å². The van der Waals surface area contributed by atoms with Crippen LogP contribution in [0.1, 0.15) is 46.0 Å². The summed E-state index contributed by atoms with van der Waals surface area (Å²) in [7, 11) is 0. The quantitative estimate of drug-likeness (QED) is 0.711. The van der Waals surface area contributed by atoms with E-state index in [9.17, 15) is 4.79 Å². The Morgan fingerprint density at radius 2 is 1.90 bits per heavy atom. The van der Waals surface area contributed by atoms with Gasteiger partial charge in [0.25, 0.3) is 0 Å². The molecule has 1 aromatic carbocycles. The zero-order chi connectivity index (χ0) is 15.1. The summed E-state index contributed by atoms with van der Waals surface area (Å²) in [4.78, 5) is 13.8. The SMILES string of the molecule is CC(=O)N(CC(C)/C=C/C1CCCCC1)c1ccccc1. The van der Waals surface area contributed by atoms with Gasteiger partial charge in [0.2, 0.25) is 5.91 Å². The van der Waals surface area contributed by atoms with Crippen molar-refractivity contribution < 1.29 is 4.79 Å². The van der Waals surface area contributed by atoms with Crippen LogP contribution in [0.25, 0.3) is 0 Å². The van der Waals surface area contributed by atoms with E-state index in [2.05, 4.69) is 19.1 Å². The van der Waals surface area contributed by atoms with Gasteiger partial charge in [0.1, 0.15) is 0 Å². The number of hydrogen-bond donors (Lipinski definition) is 0. The third-order valence-corrected chi connectivity index (χ3v) is 4.28. The highest BCUT2D eigenvalue weighted by molar-refractivity contribution is 5.91. The first-order valence-electron chi connectivity index (χ1n) is 8.18. The number of allylic oxidation sites excluding steroid dienone is 1. The molecular formula is C19H27NO. The largest absolute Gasteiger partial charge is 0.312 e. The van der Waals surface area contributed by atoms with Crippen molar-refractivity contribution in [1.29, 1.82) is 0 Å². The van der Waals surface area contributed by atoms with Gasteiger partial charge >= 0.3 is 0 Å². The third kappa shape index (κ3) is 5.04. The second kappa shape index (κ2) is 8.02. The van der Waals surface area contributed by atoms with Crippen molar-refractivity contribution in [2.24, 2.45) is 11.8 Å². The van der Waals surface area contributed by atoms with Gasteiger partial charge in [-0.1, -0.05) is 56.5 Å². The van der Waals surface area contributed by atoms with Crippen molar-refractivity contribution in [2.75, 3.05) is 11.4 Å². The lowest BCUT2D eigenvalue weighted by atomic mass is 9.88. The van der Waals surface area contributed by atoms with E-state index < -0.39 is 0 Å². The summed E-state index contributed by atoms with van der Waals surface area (Å²) in [5.41, 5.74) is 0.989. The molecule has 0 bridgehead atoms. The van der Waals surface area contributed by atoms with Crippen LogP contribution in [0.5, 0.6) is 0 Å². The van der Waals surface area contributed by atoms with E-state index in [1.807, 2.05) is 35.2 Å². The first-order valence-corrected chi connectivity index (χ1v) is 8.18. The van der Waals surface area contributed by atoms with Crippen LogP contribution in [0.15, 0.2) is 42.5 Å². The highest BCUT2D eigenvalue weighted by atomic mass is 16.2. The van der Waals surface area contributed by atoms with E-state index in [4.69, 9.17) is 0 Å². The molecule has 1 saturated carbocycles. The molecule has 1 aromatic rings. The number of anilines is 1. The molecular weight excluding hydrogens is 258 g/mol. The zero-order valence-corrected chi connectivity index (χ0v) is 13.3. The molecule has 2 rings (SSSR count). The third-order valence-electron chi connectivity index (χ3n) is 4.28. The zero-order valence-electron chi connectivity index (χ0n) is 13.3. The van der Waals surface area contributed by atoms with Gasteiger partial charge < -0.3 is 4.90 Å². The lowest BCUT2D eigenvalue weighted by Gasteiger charge is -2.24. The molecule has 1 atom stereocenters. The summed E-state index contributed by atoms with van der Waals surface area (Å²) >= 11 is 0. The molecule has 2 nitrogen and oxygen atoms in total. The Kier molecular flexibility index (Phi) is 6.04. The normalized spacial score (nSPS) is 17.8. The smallest absolute Gasteiger partial charge is 0.223 e. The molecule has 0 spiro atoms. The van der Waals surface area contributed by atoms with Crippen LogP contribution in [0.4, 0.5) is 5.69 Å². The summed E-state index contributed by atoms with van der Waals surface area (Å²) in [6.07, 6.45) is 11.5. The highest BCUT2D eigenvalue weighted by Crippen LogP contribution is 2.25. The number of benzene rings is 1. The number of carbonyl (C=O) groups excluding carboxylic acids is 1. The number of carbonyl (C=O) groups is 1. The fourth-order valence-corrected chi connectivity index (χ4v) is 3.05. The predicted octanol–water partition coefficient (Wildman–Crippen LogP) is 4.81. The maximum atomic E-state index is 11.9. The summed E-state index contributed by atoms with van der Waals surface area (Å²) in [5, 5.41) is 0. The molecule has 0 radical (unpaired) electrons. The molecule has 0 heterocycles. The number of hydrogen-bond acceptors (Lipinski definition) is 1. The first kappa shape index (κ1) is 15.8. The van der Waals surface area contributed by atoms with Gasteiger partial charge in [-0.15, -0.1) is 0 Å². The van der Waals surface area contributed by atoms with Crippen LogP contribution >= 0.6 is 0 Å².